The number of aromatic nitrogens is 2. The Morgan fingerprint density at radius 1 is 1.22 bits per heavy atom. The zero-order valence-corrected chi connectivity index (χ0v) is 13.6. The Kier molecular flexibility index (Phi) is 5.41. The van der Waals surface area contributed by atoms with Gasteiger partial charge in [0, 0.05) is 18.2 Å². The fraction of sp³-hybridized carbons (Fsp3) is 0.412. The lowest BCUT2D eigenvalue weighted by atomic mass is 9.95. The van der Waals surface area contributed by atoms with Crippen LogP contribution in [0.3, 0.4) is 0 Å². The predicted octanol–water partition coefficient (Wildman–Crippen LogP) is 3.74. The molecular formula is C17H20ClFN4. The van der Waals surface area contributed by atoms with E-state index in [1.165, 1.54) is 25.0 Å². The first-order valence-corrected chi connectivity index (χ1v) is 8.33. The van der Waals surface area contributed by atoms with Crippen LogP contribution in [0, 0.1) is 11.7 Å². The molecule has 0 unspecified atom stereocenters. The molecule has 23 heavy (non-hydrogen) atoms. The van der Waals surface area contributed by atoms with Crippen molar-refractivity contribution in [3.05, 3.63) is 41.3 Å². The molecule has 1 aromatic carbocycles. The van der Waals surface area contributed by atoms with Gasteiger partial charge in [-0.3, -0.25) is 0 Å². The second-order valence-electron chi connectivity index (χ2n) is 5.82. The van der Waals surface area contributed by atoms with E-state index >= 15 is 0 Å². The molecule has 0 atom stereocenters. The van der Waals surface area contributed by atoms with Gasteiger partial charge in [-0.15, -0.1) is 0 Å². The minimum absolute atomic E-state index is 0.313. The van der Waals surface area contributed by atoms with Gasteiger partial charge in [-0.1, -0.05) is 23.7 Å². The number of hydrogen-bond acceptors (Lipinski definition) is 4. The fourth-order valence-electron chi connectivity index (χ4n) is 2.84. The van der Waals surface area contributed by atoms with Crippen LogP contribution in [0.2, 0.25) is 5.15 Å². The van der Waals surface area contributed by atoms with Crippen molar-refractivity contribution in [2.24, 2.45) is 5.92 Å². The lowest BCUT2D eigenvalue weighted by Gasteiger charge is -2.22. The van der Waals surface area contributed by atoms with Crippen LogP contribution in [0.15, 0.2) is 30.3 Å². The summed E-state index contributed by atoms with van der Waals surface area (Å²) >= 11 is 6.07. The molecule has 6 heteroatoms. The zero-order chi connectivity index (χ0) is 16.1. The molecule has 2 aromatic rings. The smallest absolute Gasteiger partial charge is 0.163 e. The van der Waals surface area contributed by atoms with Crippen molar-refractivity contribution in [2.75, 3.05) is 25.0 Å². The van der Waals surface area contributed by atoms with E-state index in [1.54, 1.807) is 18.2 Å². The highest BCUT2D eigenvalue weighted by molar-refractivity contribution is 6.29. The Balaban J connectivity index is 1.65. The van der Waals surface area contributed by atoms with Crippen LogP contribution < -0.4 is 10.6 Å². The summed E-state index contributed by atoms with van der Waals surface area (Å²) in [5, 5.41) is 7.03. The van der Waals surface area contributed by atoms with Gasteiger partial charge in [-0.2, -0.15) is 0 Å². The molecule has 0 saturated carbocycles. The second kappa shape index (κ2) is 7.70. The van der Waals surface area contributed by atoms with E-state index in [4.69, 9.17) is 11.6 Å². The molecule has 1 fully saturated rings. The first kappa shape index (κ1) is 16.1. The summed E-state index contributed by atoms with van der Waals surface area (Å²) in [4.78, 5) is 8.62. The van der Waals surface area contributed by atoms with E-state index in [0.717, 1.165) is 32.0 Å². The SMILES string of the molecule is Fc1cccc(-c2nc(Cl)cc(NCCC3CCNCC3)n2)c1. The van der Waals surface area contributed by atoms with Crippen LogP contribution in [-0.4, -0.2) is 29.6 Å². The van der Waals surface area contributed by atoms with E-state index < -0.39 is 0 Å². The van der Waals surface area contributed by atoms with E-state index in [1.807, 2.05) is 0 Å². The number of nitrogens with one attached hydrogen (secondary N) is 2. The van der Waals surface area contributed by atoms with Crippen molar-refractivity contribution >= 4 is 17.4 Å². The van der Waals surface area contributed by atoms with Crippen LogP contribution in [-0.2, 0) is 0 Å². The zero-order valence-electron chi connectivity index (χ0n) is 12.9. The number of benzene rings is 1. The van der Waals surface area contributed by atoms with Gasteiger partial charge in [0.15, 0.2) is 5.82 Å². The third-order valence-electron chi connectivity index (χ3n) is 4.10. The largest absolute Gasteiger partial charge is 0.370 e. The van der Waals surface area contributed by atoms with Crippen LogP contribution in [0.5, 0.6) is 0 Å². The molecule has 0 radical (unpaired) electrons. The molecule has 122 valence electrons. The highest BCUT2D eigenvalue weighted by Gasteiger charge is 2.13. The summed E-state index contributed by atoms with van der Waals surface area (Å²) in [6.07, 6.45) is 3.56. The molecule has 1 saturated heterocycles. The van der Waals surface area contributed by atoms with Crippen LogP contribution in [0.25, 0.3) is 11.4 Å². The van der Waals surface area contributed by atoms with Gasteiger partial charge in [-0.05, 0) is 50.4 Å². The Labute approximate surface area is 140 Å². The van der Waals surface area contributed by atoms with Crippen molar-refractivity contribution in [3.63, 3.8) is 0 Å². The van der Waals surface area contributed by atoms with E-state index in [0.29, 0.717) is 22.4 Å². The minimum atomic E-state index is -0.313. The first-order valence-electron chi connectivity index (χ1n) is 7.96. The fourth-order valence-corrected chi connectivity index (χ4v) is 3.02. The molecule has 2 N–H and O–H groups in total. The Bertz CT molecular complexity index is 659. The summed E-state index contributed by atoms with van der Waals surface area (Å²) in [5.74, 6) is 1.55. The normalized spacial score (nSPS) is 15.6. The molecule has 1 aliphatic rings. The topological polar surface area (TPSA) is 49.8 Å². The van der Waals surface area contributed by atoms with Crippen molar-refractivity contribution in [1.29, 1.82) is 0 Å². The number of piperidine rings is 1. The van der Waals surface area contributed by atoms with E-state index in [-0.39, 0.29) is 5.82 Å². The maximum Gasteiger partial charge on any atom is 0.163 e. The number of halogens is 2. The first-order chi connectivity index (χ1) is 11.2. The molecule has 3 rings (SSSR count). The van der Waals surface area contributed by atoms with Crippen LogP contribution in [0.1, 0.15) is 19.3 Å². The average molecular weight is 335 g/mol. The monoisotopic (exact) mass is 334 g/mol. The van der Waals surface area contributed by atoms with Crippen LogP contribution >= 0.6 is 11.6 Å². The molecule has 0 aliphatic carbocycles. The molecule has 0 amide bonds. The minimum Gasteiger partial charge on any atom is -0.370 e. The van der Waals surface area contributed by atoms with Gasteiger partial charge in [-0.25, -0.2) is 14.4 Å². The van der Waals surface area contributed by atoms with Crippen molar-refractivity contribution < 1.29 is 4.39 Å². The predicted molar refractivity (Wildman–Crippen MR) is 91.1 cm³/mol. The molecular weight excluding hydrogens is 315 g/mol. The standard InChI is InChI=1S/C17H20ClFN4/c18-15-11-16(21-9-6-12-4-7-20-8-5-12)23-17(22-15)13-2-1-3-14(19)10-13/h1-3,10-12,20H,4-9H2,(H,21,22,23). The number of hydrogen-bond donors (Lipinski definition) is 2. The maximum absolute atomic E-state index is 13.4. The van der Waals surface area contributed by atoms with Gasteiger partial charge < -0.3 is 10.6 Å². The van der Waals surface area contributed by atoms with Crippen molar-refractivity contribution in [3.8, 4) is 11.4 Å². The van der Waals surface area contributed by atoms with Gasteiger partial charge in [0.25, 0.3) is 0 Å². The maximum atomic E-state index is 13.4. The highest BCUT2D eigenvalue weighted by Crippen LogP contribution is 2.21. The van der Waals surface area contributed by atoms with Crippen molar-refractivity contribution in [1.82, 2.24) is 15.3 Å². The molecule has 0 bridgehead atoms. The average Bonchev–Trinajstić information content (AvgIpc) is 2.55. The quantitative estimate of drug-likeness (QED) is 0.818. The third-order valence-corrected chi connectivity index (χ3v) is 4.29. The Morgan fingerprint density at radius 2 is 2.04 bits per heavy atom. The summed E-state index contributed by atoms with van der Waals surface area (Å²) in [6.45, 7) is 3.06. The molecule has 2 heterocycles. The van der Waals surface area contributed by atoms with Crippen molar-refractivity contribution in [2.45, 2.75) is 19.3 Å². The number of nitrogens with zero attached hydrogens (tertiary/aromatic N) is 2. The molecule has 1 aliphatic heterocycles. The summed E-state index contributed by atoms with van der Waals surface area (Å²) < 4.78 is 13.4. The highest BCUT2D eigenvalue weighted by atomic mass is 35.5. The molecule has 0 spiro atoms. The van der Waals surface area contributed by atoms with Crippen LogP contribution in [0.4, 0.5) is 10.2 Å². The Morgan fingerprint density at radius 3 is 2.83 bits per heavy atom. The summed E-state index contributed by atoms with van der Waals surface area (Å²) in [5.41, 5.74) is 0.619. The summed E-state index contributed by atoms with van der Waals surface area (Å²) in [7, 11) is 0. The van der Waals surface area contributed by atoms with E-state index in [2.05, 4.69) is 20.6 Å². The lowest BCUT2D eigenvalue weighted by molar-refractivity contribution is 0.361. The Hall–Kier alpha value is -1.72. The third kappa shape index (κ3) is 4.62. The molecule has 4 nitrogen and oxygen atoms in total. The molecule has 1 aromatic heterocycles. The summed E-state index contributed by atoms with van der Waals surface area (Å²) in [6, 6.07) is 7.91. The number of anilines is 1. The number of rotatable bonds is 5. The van der Waals surface area contributed by atoms with Gasteiger partial charge >= 0.3 is 0 Å². The second-order valence-corrected chi connectivity index (χ2v) is 6.21. The van der Waals surface area contributed by atoms with E-state index in [9.17, 15) is 4.39 Å². The van der Waals surface area contributed by atoms with Gasteiger partial charge in [0.1, 0.15) is 16.8 Å². The van der Waals surface area contributed by atoms with Gasteiger partial charge in [0.2, 0.25) is 0 Å². The lowest BCUT2D eigenvalue weighted by Crippen LogP contribution is -2.28. The van der Waals surface area contributed by atoms with Gasteiger partial charge in [0.05, 0.1) is 0 Å².